The maximum absolute atomic E-state index is 5.53. The minimum absolute atomic E-state index is 0.530. The molecule has 0 bridgehead atoms. The van der Waals surface area contributed by atoms with Crippen LogP contribution in [-0.2, 0) is 5.75 Å². The van der Waals surface area contributed by atoms with Crippen molar-refractivity contribution >= 4 is 18.4 Å². The van der Waals surface area contributed by atoms with Crippen molar-refractivity contribution in [3.8, 4) is 0 Å². The second kappa shape index (κ2) is 2.88. The Morgan fingerprint density at radius 1 is 1.70 bits per heavy atom. The van der Waals surface area contributed by atoms with Gasteiger partial charge in [-0.05, 0) is 6.92 Å². The van der Waals surface area contributed by atoms with Crippen LogP contribution >= 0.6 is 12.6 Å². The monoisotopic (exact) mass is 155 g/mol. The Labute approximate surface area is 65.1 Å². The summed E-state index contributed by atoms with van der Waals surface area (Å²) < 4.78 is 0. The zero-order valence-corrected chi connectivity index (χ0v) is 6.60. The standard InChI is InChI=1S/C6H9N3S/c1-4-8-2-5(3-10)6(7)9-4/h2,10H,3H2,1H3,(H2,7,8,9). The van der Waals surface area contributed by atoms with Crippen molar-refractivity contribution in [2.75, 3.05) is 5.73 Å². The highest BCUT2D eigenvalue weighted by molar-refractivity contribution is 7.79. The summed E-state index contributed by atoms with van der Waals surface area (Å²) in [7, 11) is 0. The van der Waals surface area contributed by atoms with E-state index in [1.54, 1.807) is 13.1 Å². The first kappa shape index (κ1) is 7.34. The molecule has 0 atom stereocenters. The van der Waals surface area contributed by atoms with E-state index in [1.807, 2.05) is 0 Å². The summed E-state index contributed by atoms with van der Waals surface area (Å²) in [6, 6.07) is 0. The molecule has 1 rings (SSSR count). The summed E-state index contributed by atoms with van der Waals surface area (Å²) in [6.45, 7) is 1.80. The van der Waals surface area contributed by atoms with Crippen molar-refractivity contribution in [3.05, 3.63) is 17.6 Å². The highest BCUT2D eigenvalue weighted by Gasteiger charge is 1.97. The summed E-state index contributed by atoms with van der Waals surface area (Å²) in [5.41, 5.74) is 6.42. The van der Waals surface area contributed by atoms with Crippen LogP contribution in [-0.4, -0.2) is 9.97 Å². The molecule has 0 saturated carbocycles. The lowest BCUT2D eigenvalue weighted by Gasteiger charge is -1.99. The number of hydrogen-bond acceptors (Lipinski definition) is 4. The van der Waals surface area contributed by atoms with Gasteiger partial charge in [-0.1, -0.05) is 0 Å². The Balaban J connectivity index is 3.07. The molecule has 10 heavy (non-hydrogen) atoms. The predicted octanol–water partition coefficient (Wildman–Crippen LogP) is 0.797. The first-order chi connectivity index (χ1) is 4.74. The fourth-order valence-corrected chi connectivity index (χ4v) is 0.878. The third-order valence-corrected chi connectivity index (χ3v) is 1.53. The average Bonchev–Trinajstić information content (AvgIpc) is 1.88. The van der Waals surface area contributed by atoms with Gasteiger partial charge in [0.2, 0.25) is 0 Å². The van der Waals surface area contributed by atoms with Crippen LogP contribution in [0.5, 0.6) is 0 Å². The molecule has 1 heterocycles. The lowest BCUT2D eigenvalue weighted by Crippen LogP contribution is -1.99. The molecule has 0 radical (unpaired) electrons. The molecule has 3 nitrogen and oxygen atoms in total. The number of nitrogen functional groups attached to an aromatic ring is 1. The van der Waals surface area contributed by atoms with E-state index >= 15 is 0 Å². The molecule has 0 aliphatic heterocycles. The van der Waals surface area contributed by atoms with Crippen molar-refractivity contribution in [3.63, 3.8) is 0 Å². The Hall–Kier alpha value is -0.770. The van der Waals surface area contributed by atoms with Crippen LogP contribution in [0.1, 0.15) is 11.4 Å². The van der Waals surface area contributed by atoms with E-state index in [0.717, 1.165) is 5.56 Å². The highest BCUT2D eigenvalue weighted by Crippen LogP contribution is 2.08. The average molecular weight is 155 g/mol. The third kappa shape index (κ3) is 1.39. The number of nitrogens with two attached hydrogens (primary N) is 1. The molecular weight excluding hydrogens is 146 g/mol. The molecule has 0 aliphatic carbocycles. The zero-order valence-electron chi connectivity index (χ0n) is 5.70. The first-order valence-electron chi connectivity index (χ1n) is 2.93. The molecule has 0 spiro atoms. The lowest BCUT2D eigenvalue weighted by molar-refractivity contribution is 1.04. The quantitative estimate of drug-likeness (QED) is 0.590. The molecule has 0 saturated heterocycles. The van der Waals surface area contributed by atoms with Crippen LogP contribution in [0.4, 0.5) is 5.82 Å². The van der Waals surface area contributed by atoms with Crippen molar-refractivity contribution in [2.45, 2.75) is 12.7 Å². The fourth-order valence-electron chi connectivity index (χ4n) is 0.634. The Kier molecular flexibility index (Phi) is 2.11. The minimum atomic E-state index is 0.530. The zero-order chi connectivity index (χ0) is 7.56. The second-order valence-corrected chi connectivity index (χ2v) is 2.30. The van der Waals surface area contributed by atoms with Gasteiger partial charge in [-0.25, -0.2) is 9.97 Å². The largest absolute Gasteiger partial charge is 0.383 e. The topological polar surface area (TPSA) is 51.8 Å². The third-order valence-electron chi connectivity index (χ3n) is 1.19. The summed E-state index contributed by atoms with van der Waals surface area (Å²) >= 11 is 4.05. The molecular formula is C6H9N3S. The van der Waals surface area contributed by atoms with Gasteiger partial charge in [-0.2, -0.15) is 12.6 Å². The molecule has 0 amide bonds. The van der Waals surface area contributed by atoms with Gasteiger partial charge in [0.05, 0.1) is 0 Å². The Bertz CT molecular complexity index is 236. The van der Waals surface area contributed by atoms with Gasteiger partial charge < -0.3 is 5.73 Å². The summed E-state index contributed by atoms with van der Waals surface area (Å²) in [5.74, 6) is 1.82. The number of thiol groups is 1. The van der Waals surface area contributed by atoms with Gasteiger partial charge >= 0.3 is 0 Å². The van der Waals surface area contributed by atoms with E-state index in [-0.39, 0.29) is 0 Å². The molecule has 0 unspecified atom stereocenters. The molecule has 1 aromatic rings. The van der Waals surface area contributed by atoms with E-state index < -0.39 is 0 Å². The number of anilines is 1. The first-order valence-corrected chi connectivity index (χ1v) is 3.56. The highest BCUT2D eigenvalue weighted by atomic mass is 32.1. The summed E-state index contributed by atoms with van der Waals surface area (Å²) in [5, 5.41) is 0. The van der Waals surface area contributed by atoms with Crippen molar-refractivity contribution in [2.24, 2.45) is 0 Å². The number of nitrogens with zero attached hydrogens (tertiary/aromatic N) is 2. The molecule has 0 aliphatic rings. The number of aryl methyl sites for hydroxylation is 1. The molecule has 1 aromatic heterocycles. The van der Waals surface area contributed by atoms with Crippen LogP contribution in [0.2, 0.25) is 0 Å². The minimum Gasteiger partial charge on any atom is -0.383 e. The maximum atomic E-state index is 5.53. The molecule has 0 aromatic carbocycles. The summed E-state index contributed by atoms with van der Waals surface area (Å²) in [6.07, 6.45) is 1.70. The normalized spacial score (nSPS) is 9.80. The lowest BCUT2D eigenvalue weighted by atomic mass is 10.3. The van der Waals surface area contributed by atoms with Crippen LogP contribution in [0.3, 0.4) is 0 Å². The number of hydrogen-bond donors (Lipinski definition) is 2. The maximum Gasteiger partial charge on any atom is 0.131 e. The second-order valence-electron chi connectivity index (χ2n) is 1.99. The van der Waals surface area contributed by atoms with E-state index in [1.165, 1.54) is 0 Å². The molecule has 54 valence electrons. The van der Waals surface area contributed by atoms with Gasteiger partial charge in [-0.15, -0.1) is 0 Å². The van der Waals surface area contributed by atoms with Crippen LogP contribution < -0.4 is 5.73 Å². The summed E-state index contributed by atoms with van der Waals surface area (Å²) in [4.78, 5) is 7.93. The van der Waals surface area contributed by atoms with Gasteiger partial charge in [-0.3, -0.25) is 0 Å². The van der Waals surface area contributed by atoms with E-state index in [0.29, 0.717) is 17.4 Å². The molecule has 2 N–H and O–H groups in total. The van der Waals surface area contributed by atoms with E-state index in [9.17, 15) is 0 Å². The van der Waals surface area contributed by atoms with Crippen molar-refractivity contribution < 1.29 is 0 Å². The van der Waals surface area contributed by atoms with Crippen molar-refractivity contribution in [1.29, 1.82) is 0 Å². The van der Waals surface area contributed by atoms with Crippen LogP contribution in [0, 0.1) is 6.92 Å². The number of aromatic nitrogens is 2. The Morgan fingerprint density at radius 3 is 2.90 bits per heavy atom. The molecule has 4 heteroatoms. The van der Waals surface area contributed by atoms with Gasteiger partial charge in [0.25, 0.3) is 0 Å². The van der Waals surface area contributed by atoms with Gasteiger partial charge in [0.1, 0.15) is 11.6 Å². The van der Waals surface area contributed by atoms with Crippen molar-refractivity contribution in [1.82, 2.24) is 9.97 Å². The van der Waals surface area contributed by atoms with E-state index in [2.05, 4.69) is 22.6 Å². The fraction of sp³-hybridized carbons (Fsp3) is 0.333. The van der Waals surface area contributed by atoms with Gasteiger partial charge in [0, 0.05) is 17.5 Å². The number of rotatable bonds is 1. The smallest absolute Gasteiger partial charge is 0.131 e. The SMILES string of the molecule is Cc1ncc(CS)c(N)n1. The Morgan fingerprint density at radius 2 is 2.40 bits per heavy atom. The van der Waals surface area contributed by atoms with Crippen LogP contribution in [0.25, 0.3) is 0 Å². The van der Waals surface area contributed by atoms with Gasteiger partial charge in [0.15, 0.2) is 0 Å². The predicted molar refractivity (Wildman–Crippen MR) is 43.9 cm³/mol. The molecule has 0 fully saturated rings. The van der Waals surface area contributed by atoms with Crippen LogP contribution in [0.15, 0.2) is 6.20 Å². The van der Waals surface area contributed by atoms with E-state index in [4.69, 9.17) is 5.73 Å².